The van der Waals surface area contributed by atoms with Crippen LogP contribution < -0.4 is 15.5 Å². The summed E-state index contributed by atoms with van der Waals surface area (Å²) in [4.78, 5) is 13.4. The molecule has 2 aliphatic rings. The number of guanidine groups is 1. The first-order valence-electron chi connectivity index (χ1n) is 9.89. The summed E-state index contributed by atoms with van der Waals surface area (Å²) in [6, 6.07) is 3.35. The summed E-state index contributed by atoms with van der Waals surface area (Å²) in [6.07, 6.45) is 6.36. The van der Waals surface area contributed by atoms with Gasteiger partial charge in [-0.3, -0.25) is 4.99 Å². The summed E-state index contributed by atoms with van der Waals surface area (Å²) < 4.78 is 13.9. The van der Waals surface area contributed by atoms with E-state index < -0.39 is 0 Å². The van der Waals surface area contributed by atoms with Crippen molar-refractivity contribution in [3.8, 4) is 0 Å². The first-order valence-corrected chi connectivity index (χ1v) is 9.89. The second-order valence-corrected chi connectivity index (χ2v) is 7.05. The minimum Gasteiger partial charge on any atom is -0.357 e. The van der Waals surface area contributed by atoms with Crippen molar-refractivity contribution >= 4 is 35.8 Å². The number of pyridine rings is 1. The van der Waals surface area contributed by atoms with Crippen molar-refractivity contribution in [2.75, 3.05) is 50.7 Å². The summed E-state index contributed by atoms with van der Waals surface area (Å²) in [6.45, 7) is 8.91. The molecule has 1 atom stereocenters. The number of halogens is 2. The Morgan fingerprint density at radius 3 is 2.89 bits per heavy atom. The Hall–Kier alpha value is -1.16. The third-order valence-electron chi connectivity index (χ3n) is 5.01. The van der Waals surface area contributed by atoms with Crippen molar-refractivity contribution < 1.29 is 4.39 Å². The lowest BCUT2D eigenvalue weighted by molar-refractivity contribution is 0.336. The SMILES string of the molecule is CCNC(=NCCCN1CCCC1)NC1CCN(c2ncccc2F)C1.I. The molecular weight excluding hydrogens is 458 g/mol. The Morgan fingerprint density at radius 2 is 2.15 bits per heavy atom. The molecule has 1 aromatic heterocycles. The van der Waals surface area contributed by atoms with E-state index >= 15 is 0 Å². The number of anilines is 1. The van der Waals surface area contributed by atoms with E-state index in [1.807, 2.05) is 4.90 Å². The number of rotatable bonds is 7. The van der Waals surface area contributed by atoms with Gasteiger partial charge in [0, 0.05) is 38.4 Å². The summed E-state index contributed by atoms with van der Waals surface area (Å²) >= 11 is 0. The number of nitrogens with zero attached hydrogens (tertiary/aromatic N) is 4. The van der Waals surface area contributed by atoms with E-state index in [1.165, 1.54) is 32.0 Å². The molecule has 8 heteroatoms. The highest BCUT2D eigenvalue weighted by Crippen LogP contribution is 2.20. The lowest BCUT2D eigenvalue weighted by Crippen LogP contribution is -2.44. The van der Waals surface area contributed by atoms with Crippen LogP contribution in [0.4, 0.5) is 10.2 Å². The first-order chi connectivity index (χ1) is 12.8. The van der Waals surface area contributed by atoms with Crippen molar-refractivity contribution in [2.24, 2.45) is 4.99 Å². The van der Waals surface area contributed by atoms with E-state index in [0.717, 1.165) is 51.5 Å². The van der Waals surface area contributed by atoms with Gasteiger partial charge in [0.25, 0.3) is 0 Å². The minimum atomic E-state index is -0.254. The van der Waals surface area contributed by atoms with Crippen LogP contribution in [-0.4, -0.2) is 67.7 Å². The molecule has 2 aliphatic heterocycles. The Balaban J connectivity index is 0.00000261. The molecule has 3 heterocycles. The fourth-order valence-corrected chi connectivity index (χ4v) is 3.69. The molecule has 0 radical (unpaired) electrons. The standard InChI is InChI=1S/C19H31FN6.HI/c1-2-21-19(23-10-6-13-25-11-3-4-12-25)24-16-8-14-26(15-16)18-17(20)7-5-9-22-18;/h5,7,9,16H,2-4,6,8,10-15H2,1H3,(H2,21,23,24);1H. The molecule has 3 rings (SSSR count). The van der Waals surface area contributed by atoms with Gasteiger partial charge in [0.15, 0.2) is 17.6 Å². The zero-order chi connectivity index (χ0) is 18.2. The van der Waals surface area contributed by atoms with Gasteiger partial charge in [0.2, 0.25) is 0 Å². The van der Waals surface area contributed by atoms with Gasteiger partial charge in [-0.05, 0) is 64.4 Å². The van der Waals surface area contributed by atoms with Crippen LogP contribution in [0.15, 0.2) is 23.3 Å². The van der Waals surface area contributed by atoms with Crippen LogP contribution in [0.1, 0.15) is 32.6 Å². The van der Waals surface area contributed by atoms with E-state index in [0.29, 0.717) is 5.82 Å². The fraction of sp³-hybridized carbons (Fsp3) is 0.684. The van der Waals surface area contributed by atoms with Crippen LogP contribution in [0.2, 0.25) is 0 Å². The molecule has 0 aromatic carbocycles. The van der Waals surface area contributed by atoms with Crippen molar-refractivity contribution in [2.45, 2.75) is 38.6 Å². The zero-order valence-electron chi connectivity index (χ0n) is 16.2. The molecule has 2 saturated heterocycles. The van der Waals surface area contributed by atoms with Gasteiger partial charge in [0.1, 0.15) is 0 Å². The Morgan fingerprint density at radius 1 is 1.33 bits per heavy atom. The van der Waals surface area contributed by atoms with Crippen LogP contribution >= 0.6 is 24.0 Å². The fourth-order valence-electron chi connectivity index (χ4n) is 3.69. The van der Waals surface area contributed by atoms with Crippen LogP contribution in [0, 0.1) is 5.82 Å². The molecule has 0 saturated carbocycles. The van der Waals surface area contributed by atoms with Gasteiger partial charge in [0.05, 0.1) is 0 Å². The van der Waals surface area contributed by atoms with Gasteiger partial charge in [-0.25, -0.2) is 9.37 Å². The molecule has 0 aliphatic carbocycles. The summed E-state index contributed by atoms with van der Waals surface area (Å²) in [7, 11) is 0. The number of aromatic nitrogens is 1. The molecular formula is C19H32FIN6. The molecule has 1 unspecified atom stereocenters. The highest BCUT2D eigenvalue weighted by atomic mass is 127. The molecule has 0 spiro atoms. The monoisotopic (exact) mass is 490 g/mol. The highest BCUT2D eigenvalue weighted by molar-refractivity contribution is 14.0. The number of likely N-dealkylation sites (tertiary alicyclic amines) is 1. The maximum Gasteiger partial charge on any atom is 0.191 e. The molecule has 2 fully saturated rings. The predicted octanol–water partition coefficient (Wildman–Crippen LogP) is 2.46. The van der Waals surface area contributed by atoms with Crippen molar-refractivity contribution in [3.05, 3.63) is 24.1 Å². The van der Waals surface area contributed by atoms with E-state index in [9.17, 15) is 4.39 Å². The molecule has 1 aromatic rings. The van der Waals surface area contributed by atoms with Crippen molar-refractivity contribution in [3.63, 3.8) is 0 Å². The minimum absolute atomic E-state index is 0. The number of nitrogens with one attached hydrogen (secondary N) is 2. The third kappa shape index (κ3) is 6.74. The molecule has 6 nitrogen and oxygen atoms in total. The van der Waals surface area contributed by atoms with E-state index in [2.05, 4.69) is 27.4 Å². The van der Waals surface area contributed by atoms with Crippen LogP contribution in [0.25, 0.3) is 0 Å². The van der Waals surface area contributed by atoms with Gasteiger partial charge < -0.3 is 20.4 Å². The van der Waals surface area contributed by atoms with Gasteiger partial charge >= 0.3 is 0 Å². The smallest absolute Gasteiger partial charge is 0.191 e. The van der Waals surface area contributed by atoms with Gasteiger partial charge in [-0.2, -0.15) is 0 Å². The van der Waals surface area contributed by atoms with Crippen LogP contribution in [0.3, 0.4) is 0 Å². The second-order valence-electron chi connectivity index (χ2n) is 7.05. The molecule has 152 valence electrons. The van der Waals surface area contributed by atoms with E-state index in [-0.39, 0.29) is 35.8 Å². The maximum absolute atomic E-state index is 13.9. The predicted molar refractivity (Wildman–Crippen MR) is 120 cm³/mol. The summed E-state index contributed by atoms with van der Waals surface area (Å²) in [5.74, 6) is 1.06. The average Bonchev–Trinajstić information content (AvgIpc) is 3.31. The largest absolute Gasteiger partial charge is 0.357 e. The van der Waals surface area contributed by atoms with E-state index in [4.69, 9.17) is 4.99 Å². The van der Waals surface area contributed by atoms with Crippen molar-refractivity contribution in [1.29, 1.82) is 0 Å². The third-order valence-corrected chi connectivity index (χ3v) is 5.01. The first kappa shape index (κ1) is 22.1. The Kier molecular flexibility index (Phi) is 9.53. The van der Waals surface area contributed by atoms with Crippen LogP contribution in [0.5, 0.6) is 0 Å². The molecule has 2 N–H and O–H groups in total. The highest BCUT2D eigenvalue weighted by Gasteiger charge is 2.25. The number of hydrogen-bond donors (Lipinski definition) is 2. The summed E-state index contributed by atoms with van der Waals surface area (Å²) in [5, 5.41) is 6.82. The maximum atomic E-state index is 13.9. The quantitative estimate of drug-likeness (QED) is 0.266. The van der Waals surface area contributed by atoms with Crippen molar-refractivity contribution in [1.82, 2.24) is 20.5 Å². The van der Waals surface area contributed by atoms with Crippen LogP contribution in [-0.2, 0) is 0 Å². The van der Waals surface area contributed by atoms with Gasteiger partial charge in [-0.15, -0.1) is 24.0 Å². The molecule has 0 amide bonds. The Labute approximate surface area is 179 Å². The van der Waals surface area contributed by atoms with Gasteiger partial charge in [-0.1, -0.05) is 0 Å². The second kappa shape index (κ2) is 11.6. The lowest BCUT2D eigenvalue weighted by Gasteiger charge is -2.20. The molecule has 0 bridgehead atoms. The number of aliphatic imine (C=N–C) groups is 1. The van der Waals surface area contributed by atoms with E-state index in [1.54, 1.807) is 12.3 Å². The topological polar surface area (TPSA) is 55.8 Å². The summed E-state index contributed by atoms with van der Waals surface area (Å²) in [5.41, 5.74) is 0. The Bertz CT molecular complexity index is 593. The molecule has 27 heavy (non-hydrogen) atoms. The normalized spacial score (nSPS) is 20.6. The number of hydrogen-bond acceptors (Lipinski definition) is 4. The average molecular weight is 490 g/mol. The zero-order valence-corrected chi connectivity index (χ0v) is 18.5. The lowest BCUT2D eigenvalue weighted by atomic mass is 10.3.